The topological polar surface area (TPSA) is 72.1 Å². The fraction of sp³-hybridized carbons (Fsp3) is 0.421. The highest BCUT2D eigenvalue weighted by atomic mass is 19.1. The van der Waals surface area contributed by atoms with Gasteiger partial charge in [0.2, 0.25) is 5.95 Å². The Bertz CT molecular complexity index is 852. The monoisotopic (exact) mass is 340 g/mol. The Balaban J connectivity index is 1.72. The Morgan fingerprint density at radius 3 is 2.88 bits per heavy atom. The summed E-state index contributed by atoms with van der Waals surface area (Å²) < 4.78 is 13.7. The van der Waals surface area contributed by atoms with Crippen molar-refractivity contribution in [3.8, 4) is 0 Å². The first-order valence-corrected chi connectivity index (χ1v) is 8.79. The molecule has 0 saturated carbocycles. The summed E-state index contributed by atoms with van der Waals surface area (Å²) in [6, 6.07) is 4.63. The fourth-order valence-corrected chi connectivity index (χ4v) is 3.99. The summed E-state index contributed by atoms with van der Waals surface area (Å²) in [5.41, 5.74) is 10.1. The number of amides is 1. The molecule has 130 valence electrons. The quantitative estimate of drug-likeness (QED) is 0.866. The molecule has 2 aromatic rings. The minimum absolute atomic E-state index is 0.130. The van der Waals surface area contributed by atoms with E-state index >= 15 is 0 Å². The lowest BCUT2D eigenvalue weighted by Crippen LogP contribution is -2.40. The van der Waals surface area contributed by atoms with Gasteiger partial charge in [-0.2, -0.15) is 0 Å². The minimum Gasteiger partial charge on any atom is -0.368 e. The molecule has 1 aromatic carbocycles. The molecule has 0 fully saturated rings. The normalized spacial score (nSPS) is 19.3. The maximum Gasteiger partial charge on any atom is 0.273 e. The van der Waals surface area contributed by atoms with E-state index in [-0.39, 0.29) is 23.7 Å². The van der Waals surface area contributed by atoms with Crippen LogP contribution >= 0.6 is 0 Å². The van der Waals surface area contributed by atoms with Crippen LogP contribution in [0.25, 0.3) is 0 Å². The number of nitrogens with zero attached hydrogens (tertiary/aromatic N) is 3. The number of benzene rings is 1. The molecule has 25 heavy (non-hydrogen) atoms. The molecule has 5 nitrogen and oxygen atoms in total. The van der Waals surface area contributed by atoms with Crippen molar-refractivity contribution in [3.63, 3.8) is 0 Å². The zero-order valence-corrected chi connectivity index (χ0v) is 14.3. The van der Waals surface area contributed by atoms with Gasteiger partial charge in [-0.15, -0.1) is 0 Å². The highest BCUT2D eigenvalue weighted by Crippen LogP contribution is 2.32. The molecule has 4 rings (SSSR count). The molecule has 1 aliphatic heterocycles. The molecule has 1 atom stereocenters. The molecule has 1 unspecified atom stereocenters. The van der Waals surface area contributed by atoms with Crippen molar-refractivity contribution in [2.75, 3.05) is 12.3 Å². The molecule has 2 aliphatic rings. The van der Waals surface area contributed by atoms with Crippen molar-refractivity contribution in [1.82, 2.24) is 14.9 Å². The highest BCUT2D eigenvalue weighted by molar-refractivity contribution is 5.94. The smallest absolute Gasteiger partial charge is 0.273 e. The van der Waals surface area contributed by atoms with Crippen molar-refractivity contribution in [3.05, 3.63) is 52.1 Å². The molecule has 6 heteroatoms. The zero-order chi connectivity index (χ0) is 17.6. The second-order valence-corrected chi connectivity index (χ2v) is 6.83. The number of aromatic nitrogens is 2. The molecular formula is C19H21FN4O. The lowest BCUT2D eigenvalue weighted by atomic mass is 9.91. The van der Waals surface area contributed by atoms with E-state index in [2.05, 4.69) is 9.97 Å². The number of carbonyl (C=O) groups excluding carboxylic acids is 1. The summed E-state index contributed by atoms with van der Waals surface area (Å²) in [4.78, 5) is 23.6. The van der Waals surface area contributed by atoms with Gasteiger partial charge in [0.25, 0.3) is 5.91 Å². The first-order chi connectivity index (χ1) is 12.0. The van der Waals surface area contributed by atoms with Gasteiger partial charge < -0.3 is 10.6 Å². The van der Waals surface area contributed by atoms with Crippen molar-refractivity contribution < 1.29 is 9.18 Å². The van der Waals surface area contributed by atoms with Gasteiger partial charge in [0, 0.05) is 17.8 Å². The maximum absolute atomic E-state index is 13.7. The summed E-state index contributed by atoms with van der Waals surface area (Å²) in [6.45, 7) is 2.53. The average molecular weight is 340 g/mol. The van der Waals surface area contributed by atoms with Crippen LogP contribution in [0.4, 0.5) is 10.3 Å². The van der Waals surface area contributed by atoms with Gasteiger partial charge in [-0.3, -0.25) is 4.79 Å². The highest BCUT2D eigenvalue weighted by Gasteiger charge is 2.32. The third-order valence-electron chi connectivity index (χ3n) is 5.31. The summed E-state index contributed by atoms with van der Waals surface area (Å²) >= 11 is 0. The van der Waals surface area contributed by atoms with Crippen LogP contribution in [-0.4, -0.2) is 27.3 Å². The van der Waals surface area contributed by atoms with Gasteiger partial charge in [-0.25, -0.2) is 14.4 Å². The van der Waals surface area contributed by atoms with Crippen LogP contribution in [0.1, 0.15) is 58.7 Å². The maximum atomic E-state index is 13.7. The van der Waals surface area contributed by atoms with Gasteiger partial charge in [-0.1, -0.05) is 6.07 Å². The number of rotatable bonds is 1. The average Bonchev–Trinajstić information content (AvgIpc) is 2.61. The standard InChI is InChI=1S/C19H21FN4O/c1-11-15-10-13(20)7-6-12(15)8-9-24(11)18(25)17-14-4-2-3-5-16(14)22-19(21)23-17/h6-7,10-11H,2-5,8-9H2,1H3,(H2,21,22,23). The van der Waals surface area contributed by atoms with E-state index in [4.69, 9.17) is 5.73 Å². The van der Waals surface area contributed by atoms with Crippen LogP contribution in [-0.2, 0) is 19.3 Å². The van der Waals surface area contributed by atoms with Crippen molar-refractivity contribution >= 4 is 11.9 Å². The fourth-order valence-electron chi connectivity index (χ4n) is 3.99. The zero-order valence-electron chi connectivity index (χ0n) is 14.3. The molecular weight excluding hydrogens is 319 g/mol. The van der Waals surface area contributed by atoms with Crippen LogP contribution < -0.4 is 5.73 Å². The number of hydrogen-bond acceptors (Lipinski definition) is 4. The van der Waals surface area contributed by atoms with Gasteiger partial charge >= 0.3 is 0 Å². The summed E-state index contributed by atoms with van der Waals surface area (Å²) in [5.74, 6) is -0.252. The second-order valence-electron chi connectivity index (χ2n) is 6.83. The van der Waals surface area contributed by atoms with Crippen LogP contribution in [0, 0.1) is 5.82 Å². The SMILES string of the molecule is CC1c2cc(F)ccc2CCN1C(=O)c1nc(N)nc2c1CCCC2. The lowest BCUT2D eigenvalue weighted by Gasteiger charge is -2.35. The Kier molecular flexibility index (Phi) is 3.90. The number of nitrogen functional groups attached to an aromatic ring is 1. The molecule has 0 radical (unpaired) electrons. The number of carbonyl (C=O) groups is 1. The lowest BCUT2D eigenvalue weighted by molar-refractivity contribution is 0.0669. The Morgan fingerprint density at radius 2 is 2.04 bits per heavy atom. The van der Waals surface area contributed by atoms with E-state index in [0.717, 1.165) is 48.1 Å². The number of aryl methyl sites for hydroxylation is 1. The molecule has 0 spiro atoms. The summed E-state index contributed by atoms with van der Waals surface area (Å²) in [7, 11) is 0. The van der Waals surface area contributed by atoms with E-state index in [1.54, 1.807) is 4.90 Å². The Morgan fingerprint density at radius 1 is 1.24 bits per heavy atom. The van der Waals surface area contributed by atoms with Gasteiger partial charge in [0.05, 0.1) is 6.04 Å². The summed E-state index contributed by atoms with van der Waals surface area (Å²) in [5, 5.41) is 0. The third-order valence-corrected chi connectivity index (χ3v) is 5.31. The van der Waals surface area contributed by atoms with Crippen LogP contribution in [0.5, 0.6) is 0 Å². The van der Waals surface area contributed by atoms with Crippen molar-refractivity contribution in [1.29, 1.82) is 0 Å². The third kappa shape index (κ3) is 2.75. The number of halogens is 1. The molecule has 1 aliphatic carbocycles. The van der Waals surface area contributed by atoms with Crippen LogP contribution in [0.15, 0.2) is 18.2 Å². The number of hydrogen-bond donors (Lipinski definition) is 1. The predicted octanol–water partition coefficient (Wildman–Crippen LogP) is 2.84. The van der Waals surface area contributed by atoms with Crippen molar-refractivity contribution in [2.24, 2.45) is 0 Å². The number of fused-ring (bicyclic) bond motifs is 2. The number of anilines is 1. The predicted molar refractivity (Wildman–Crippen MR) is 92.6 cm³/mol. The van der Waals surface area contributed by atoms with Crippen molar-refractivity contribution in [2.45, 2.75) is 45.1 Å². The first-order valence-electron chi connectivity index (χ1n) is 8.79. The molecule has 2 heterocycles. The van der Waals surface area contributed by atoms with Gasteiger partial charge in [0.1, 0.15) is 11.5 Å². The van der Waals surface area contributed by atoms with Gasteiger partial charge in [0.15, 0.2) is 0 Å². The molecule has 1 aromatic heterocycles. The van der Waals surface area contributed by atoms with E-state index in [1.807, 2.05) is 13.0 Å². The van der Waals surface area contributed by atoms with Crippen LogP contribution in [0.3, 0.4) is 0 Å². The van der Waals surface area contributed by atoms with E-state index in [0.29, 0.717) is 18.7 Å². The van der Waals surface area contributed by atoms with E-state index < -0.39 is 0 Å². The largest absolute Gasteiger partial charge is 0.368 e. The summed E-state index contributed by atoms with van der Waals surface area (Å²) in [6.07, 6.45) is 4.46. The molecule has 0 bridgehead atoms. The Hall–Kier alpha value is -2.50. The molecule has 0 saturated heterocycles. The van der Waals surface area contributed by atoms with Crippen LogP contribution in [0.2, 0.25) is 0 Å². The second kappa shape index (κ2) is 6.10. The van der Waals surface area contributed by atoms with E-state index in [9.17, 15) is 9.18 Å². The first kappa shape index (κ1) is 16.0. The van der Waals surface area contributed by atoms with E-state index in [1.165, 1.54) is 12.1 Å². The molecule has 2 N–H and O–H groups in total. The minimum atomic E-state index is -0.274. The molecule has 1 amide bonds. The Labute approximate surface area is 146 Å². The number of nitrogens with two attached hydrogens (primary N) is 1. The van der Waals surface area contributed by atoms with Gasteiger partial charge in [-0.05, 0) is 62.3 Å².